The van der Waals surface area contributed by atoms with Gasteiger partial charge in [-0.25, -0.2) is 0 Å². The molecule has 5 nitrogen and oxygen atoms in total. The fraction of sp³-hybridized carbons (Fsp3) is 0.333. The van der Waals surface area contributed by atoms with Gasteiger partial charge in [-0.05, 0) is 12.1 Å². The number of hydrogen-bond acceptors (Lipinski definition) is 4. The van der Waals surface area contributed by atoms with Crippen LogP contribution in [-0.2, 0) is 4.79 Å². The number of nitrogens with one attached hydrogen (secondary N) is 1. The van der Waals surface area contributed by atoms with E-state index in [1.807, 2.05) is 6.07 Å². The van der Waals surface area contributed by atoms with Gasteiger partial charge in [0.25, 0.3) is 0 Å². The Morgan fingerprint density at radius 3 is 2.72 bits per heavy atom. The summed E-state index contributed by atoms with van der Waals surface area (Å²) in [4.78, 5) is 10.7. The summed E-state index contributed by atoms with van der Waals surface area (Å²) >= 11 is 5.90. The van der Waals surface area contributed by atoms with Crippen LogP contribution in [0.2, 0.25) is 5.02 Å². The highest BCUT2D eigenvalue weighted by molar-refractivity contribution is 6.31. The zero-order valence-electron chi connectivity index (χ0n) is 9.72. The van der Waals surface area contributed by atoms with E-state index in [0.29, 0.717) is 11.1 Å². The fourth-order valence-electron chi connectivity index (χ4n) is 1.40. The lowest BCUT2D eigenvalue weighted by Gasteiger charge is -2.19. The summed E-state index contributed by atoms with van der Waals surface area (Å²) in [5.41, 5.74) is 0.681. The van der Waals surface area contributed by atoms with Gasteiger partial charge >= 0.3 is 0 Å². The van der Waals surface area contributed by atoms with E-state index in [1.54, 1.807) is 0 Å². The van der Waals surface area contributed by atoms with E-state index in [9.17, 15) is 15.0 Å². The van der Waals surface area contributed by atoms with E-state index < -0.39 is 12.2 Å². The van der Waals surface area contributed by atoms with Crippen LogP contribution < -0.4 is 5.32 Å². The third-order valence-electron chi connectivity index (χ3n) is 2.37. The lowest BCUT2D eigenvalue weighted by molar-refractivity contribution is -0.119. The molecule has 1 aromatic carbocycles. The predicted molar refractivity (Wildman–Crippen MR) is 65.8 cm³/mol. The van der Waals surface area contributed by atoms with Crippen molar-refractivity contribution in [2.24, 2.45) is 0 Å². The highest BCUT2D eigenvalue weighted by Gasteiger charge is 2.21. The minimum atomic E-state index is -1.22. The second-order valence-corrected chi connectivity index (χ2v) is 4.20. The third-order valence-corrected chi connectivity index (χ3v) is 2.70. The van der Waals surface area contributed by atoms with E-state index in [0.717, 1.165) is 0 Å². The van der Waals surface area contributed by atoms with Crippen LogP contribution in [0.5, 0.6) is 0 Å². The van der Waals surface area contributed by atoms with Gasteiger partial charge in [-0.3, -0.25) is 4.79 Å². The number of halogens is 1. The average molecular weight is 269 g/mol. The molecule has 96 valence electrons. The molecule has 0 heterocycles. The molecule has 0 aliphatic rings. The second-order valence-electron chi connectivity index (χ2n) is 3.80. The van der Waals surface area contributed by atoms with E-state index in [-0.39, 0.29) is 17.5 Å². The Bertz CT molecular complexity index is 485. The lowest BCUT2D eigenvalue weighted by atomic mass is 10.0. The van der Waals surface area contributed by atoms with Gasteiger partial charge in [0, 0.05) is 24.1 Å². The molecule has 3 N–H and O–H groups in total. The van der Waals surface area contributed by atoms with Crippen molar-refractivity contribution in [2.75, 3.05) is 6.54 Å². The molecule has 2 unspecified atom stereocenters. The first-order chi connectivity index (χ1) is 8.45. The minimum absolute atomic E-state index is 0.0766. The van der Waals surface area contributed by atoms with Crippen molar-refractivity contribution in [1.29, 1.82) is 5.26 Å². The van der Waals surface area contributed by atoms with Crippen molar-refractivity contribution in [3.05, 3.63) is 34.3 Å². The number of hydrogen-bond donors (Lipinski definition) is 3. The van der Waals surface area contributed by atoms with Gasteiger partial charge in [-0.15, -0.1) is 0 Å². The molecule has 6 heteroatoms. The van der Waals surface area contributed by atoms with Crippen molar-refractivity contribution in [3.8, 4) is 6.07 Å². The zero-order chi connectivity index (χ0) is 13.7. The number of rotatable bonds is 4. The number of carbonyl (C=O) groups is 1. The molecule has 0 radical (unpaired) electrons. The van der Waals surface area contributed by atoms with Crippen LogP contribution in [0.15, 0.2) is 18.2 Å². The third kappa shape index (κ3) is 3.70. The first-order valence-electron chi connectivity index (χ1n) is 5.25. The van der Waals surface area contributed by atoms with E-state index in [2.05, 4.69) is 5.32 Å². The molecule has 0 fully saturated rings. The van der Waals surface area contributed by atoms with Crippen molar-refractivity contribution < 1.29 is 15.0 Å². The largest absolute Gasteiger partial charge is 0.388 e. The smallest absolute Gasteiger partial charge is 0.216 e. The lowest BCUT2D eigenvalue weighted by Crippen LogP contribution is -2.34. The molecule has 18 heavy (non-hydrogen) atoms. The van der Waals surface area contributed by atoms with Crippen LogP contribution in [0, 0.1) is 11.3 Å². The van der Waals surface area contributed by atoms with Gasteiger partial charge in [0.15, 0.2) is 0 Å². The van der Waals surface area contributed by atoms with Crippen molar-refractivity contribution in [2.45, 2.75) is 19.1 Å². The predicted octanol–water partition coefficient (Wildman–Crippen LogP) is 0.742. The Kier molecular flexibility index (Phi) is 5.10. The number of benzene rings is 1. The SMILES string of the molecule is CC(=O)NCC(O)C(O)c1ccc(C#N)cc1Cl. The van der Waals surface area contributed by atoms with Gasteiger partial charge in [0.2, 0.25) is 5.91 Å². The topological polar surface area (TPSA) is 93.3 Å². The van der Waals surface area contributed by atoms with E-state index >= 15 is 0 Å². The van der Waals surface area contributed by atoms with Crippen LogP contribution in [-0.4, -0.2) is 28.8 Å². The first kappa shape index (κ1) is 14.5. The zero-order valence-corrected chi connectivity index (χ0v) is 10.5. The Hall–Kier alpha value is -1.61. The summed E-state index contributed by atoms with van der Waals surface area (Å²) in [6.45, 7) is 1.24. The van der Waals surface area contributed by atoms with Gasteiger partial charge in [-0.2, -0.15) is 5.26 Å². The van der Waals surface area contributed by atoms with Gasteiger partial charge < -0.3 is 15.5 Å². The summed E-state index contributed by atoms with van der Waals surface area (Å²) in [7, 11) is 0. The standard InChI is InChI=1S/C12H13ClN2O3/c1-7(16)15-6-11(17)12(18)9-3-2-8(5-14)4-10(9)13/h2-4,11-12,17-18H,6H2,1H3,(H,15,16). The number of carbonyl (C=O) groups excluding carboxylic acids is 1. The van der Waals surface area contributed by atoms with Crippen LogP contribution in [0.4, 0.5) is 0 Å². The van der Waals surface area contributed by atoms with Crippen LogP contribution in [0.1, 0.15) is 24.2 Å². The Labute approximate surface area is 110 Å². The van der Waals surface area contributed by atoms with E-state index in [4.69, 9.17) is 16.9 Å². The maximum atomic E-state index is 10.7. The molecule has 1 aromatic rings. The molecule has 1 amide bonds. The van der Waals surface area contributed by atoms with Crippen molar-refractivity contribution in [3.63, 3.8) is 0 Å². The molecular weight excluding hydrogens is 256 g/mol. The van der Waals surface area contributed by atoms with Crippen molar-refractivity contribution >= 4 is 17.5 Å². The highest BCUT2D eigenvalue weighted by Crippen LogP contribution is 2.26. The van der Waals surface area contributed by atoms with Crippen molar-refractivity contribution in [1.82, 2.24) is 5.32 Å². The monoisotopic (exact) mass is 268 g/mol. The summed E-state index contributed by atoms with van der Waals surface area (Å²) in [5, 5.41) is 30.8. The number of aliphatic hydroxyl groups excluding tert-OH is 2. The molecule has 0 aromatic heterocycles. The molecule has 1 rings (SSSR count). The molecule has 0 saturated heterocycles. The van der Waals surface area contributed by atoms with Crippen LogP contribution in [0.25, 0.3) is 0 Å². The highest BCUT2D eigenvalue weighted by atomic mass is 35.5. The number of amides is 1. The van der Waals surface area contributed by atoms with E-state index in [1.165, 1.54) is 25.1 Å². The normalized spacial score (nSPS) is 13.5. The fourth-order valence-corrected chi connectivity index (χ4v) is 1.70. The number of aliphatic hydroxyl groups is 2. The number of nitriles is 1. The van der Waals surface area contributed by atoms with Crippen LogP contribution >= 0.6 is 11.6 Å². The Morgan fingerprint density at radius 2 is 2.22 bits per heavy atom. The minimum Gasteiger partial charge on any atom is -0.388 e. The van der Waals surface area contributed by atoms with Gasteiger partial charge in [-0.1, -0.05) is 17.7 Å². The average Bonchev–Trinajstić information content (AvgIpc) is 2.34. The molecule has 0 saturated carbocycles. The molecule has 0 spiro atoms. The Morgan fingerprint density at radius 1 is 1.56 bits per heavy atom. The molecule has 0 aliphatic heterocycles. The molecule has 2 atom stereocenters. The molecule has 0 bridgehead atoms. The maximum absolute atomic E-state index is 10.7. The summed E-state index contributed by atoms with van der Waals surface area (Å²) < 4.78 is 0. The summed E-state index contributed by atoms with van der Waals surface area (Å²) in [5.74, 6) is -0.299. The summed E-state index contributed by atoms with van der Waals surface area (Å²) in [6, 6.07) is 6.30. The molecular formula is C12H13ClN2O3. The first-order valence-corrected chi connectivity index (χ1v) is 5.63. The summed E-state index contributed by atoms with van der Waals surface area (Å²) in [6.07, 6.45) is -2.39. The maximum Gasteiger partial charge on any atom is 0.216 e. The van der Waals surface area contributed by atoms with Crippen LogP contribution in [0.3, 0.4) is 0 Å². The Balaban J connectivity index is 2.80. The van der Waals surface area contributed by atoms with Gasteiger partial charge in [0.05, 0.1) is 11.6 Å². The second kappa shape index (κ2) is 6.36. The van der Waals surface area contributed by atoms with Gasteiger partial charge in [0.1, 0.15) is 12.2 Å². The number of nitrogens with zero attached hydrogens (tertiary/aromatic N) is 1. The molecule has 0 aliphatic carbocycles. The quantitative estimate of drug-likeness (QED) is 0.751.